The Bertz CT molecular complexity index is 572. The Labute approximate surface area is 132 Å². The highest BCUT2D eigenvalue weighted by molar-refractivity contribution is 7.91. The molecule has 0 aliphatic heterocycles. The predicted molar refractivity (Wildman–Crippen MR) is 88.2 cm³/mol. The van der Waals surface area contributed by atoms with Crippen molar-refractivity contribution in [1.82, 2.24) is 10.0 Å². The topological polar surface area (TPSA) is 58.2 Å². The third-order valence-electron chi connectivity index (χ3n) is 4.35. The van der Waals surface area contributed by atoms with Gasteiger partial charge in [0.25, 0.3) is 0 Å². The molecule has 0 atom stereocenters. The molecule has 4 nitrogen and oxygen atoms in total. The Hall–Kier alpha value is -0.430. The molecule has 2 N–H and O–H groups in total. The maximum atomic E-state index is 12.5. The van der Waals surface area contributed by atoms with Gasteiger partial charge in [-0.1, -0.05) is 26.2 Å². The predicted octanol–water partition coefficient (Wildman–Crippen LogP) is 3.02. The number of aryl methyl sites for hydroxylation is 1. The van der Waals surface area contributed by atoms with Gasteiger partial charge in [0.1, 0.15) is 4.21 Å². The minimum Gasteiger partial charge on any atom is -0.315 e. The summed E-state index contributed by atoms with van der Waals surface area (Å²) < 4.78 is 28.2. The molecule has 1 aliphatic rings. The monoisotopic (exact) mass is 330 g/mol. The van der Waals surface area contributed by atoms with Crippen LogP contribution in [0.25, 0.3) is 0 Å². The first kappa shape index (κ1) is 16.9. The first-order valence-corrected chi connectivity index (χ1v) is 9.90. The van der Waals surface area contributed by atoms with Crippen LogP contribution in [0.3, 0.4) is 0 Å². The van der Waals surface area contributed by atoms with Gasteiger partial charge in [-0.2, -0.15) is 0 Å². The van der Waals surface area contributed by atoms with Crippen LogP contribution >= 0.6 is 11.3 Å². The highest BCUT2D eigenvalue weighted by atomic mass is 32.2. The van der Waals surface area contributed by atoms with E-state index in [1.165, 1.54) is 30.6 Å². The number of thiophene rings is 1. The SMILES string of the molecule is CNCc1sc(S(=O)(=O)NCC2(C)CCCCC2)cc1C. The molecule has 0 saturated heterocycles. The molecule has 1 fully saturated rings. The van der Waals surface area contributed by atoms with Gasteiger partial charge in [0.05, 0.1) is 0 Å². The Morgan fingerprint density at radius 1 is 1.29 bits per heavy atom. The van der Waals surface area contributed by atoms with Crippen molar-refractivity contribution >= 4 is 21.4 Å². The van der Waals surface area contributed by atoms with E-state index >= 15 is 0 Å². The fourth-order valence-electron chi connectivity index (χ4n) is 2.88. The molecule has 0 unspecified atom stereocenters. The van der Waals surface area contributed by atoms with Gasteiger partial charge in [0, 0.05) is 18.0 Å². The van der Waals surface area contributed by atoms with Crippen LogP contribution in [-0.4, -0.2) is 22.0 Å². The van der Waals surface area contributed by atoms with Gasteiger partial charge in [-0.15, -0.1) is 11.3 Å². The molecule has 6 heteroatoms. The van der Waals surface area contributed by atoms with Gasteiger partial charge in [0.15, 0.2) is 0 Å². The number of sulfonamides is 1. The van der Waals surface area contributed by atoms with Crippen molar-refractivity contribution in [3.05, 3.63) is 16.5 Å². The second-order valence-corrected chi connectivity index (χ2v) is 9.53. The van der Waals surface area contributed by atoms with E-state index in [0.29, 0.717) is 17.3 Å². The van der Waals surface area contributed by atoms with Gasteiger partial charge in [-0.25, -0.2) is 13.1 Å². The van der Waals surface area contributed by atoms with E-state index in [1.807, 2.05) is 14.0 Å². The number of hydrogen-bond acceptors (Lipinski definition) is 4. The van der Waals surface area contributed by atoms with E-state index in [1.54, 1.807) is 6.07 Å². The van der Waals surface area contributed by atoms with Gasteiger partial charge in [-0.3, -0.25) is 0 Å². The molecule has 1 aromatic heterocycles. The van der Waals surface area contributed by atoms with E-state index in [9.17, 15) is 8.42 Å². The molecular weight excluding hydrogens is 304 g/mol. The van der Waals surface area contributed by atoms with Crippen molar-refractivity contribution in [2.24, 2.45) is 5.41 Å². The van der Waals surface area contributed by atoms with Crippen molar-refractivity contribution in [2.75, 3.05) is 13.6 Å². The van der Waals surface area contributed by atoms with Crippen molar-refractivity contribution in [2.45, 2.75) is 56.7 Å². The van der Waals surface area contributed by atoms with E-state index < -0.39 is 10.0 Å². The molecule has 0 spiro atoms. The summed E-state index contributed by atoms with van der Waals surface area (Å²) >= 11 is 1.36. The third-order valence-corrected chi connectivity index (χ3v) is 7.46. The maximum Gasteiger partial charge on any atom is 0.250 e. The fraction of sp³-hybridized carbons (Fsp3) is 0.733. The summed E-state index contributed by atoms with van der Waals surface area (Å²) in [5.74, 6) is 0. The minimum atomic E-state index is -3.38. The molecular formula is C15H26N2O2S2. The first-order valence-electron chi connectivity index (χ1n) is 7.60. The lowest BCUT2D eigenvalue weighted by Crippen LogP contribution is -2.36. The maximum absolute atomic E-state index is 12.5. The number of rotatable bonds is 6. The molecule has 1 heterocycles. The normalized spacial score (nSPS) is 18.8. The van der Waals surface area contributed by atoms with E-state index in [0.717, 1.165) is 23.3 Å². The highest BCUT2D eigenvalue weighted by Gasteiger charge is 2.29. The van der Waals surface area contributed by atoms with Crippen LogP contribution < -0.4 is 10.0 Å². The zero-order valence-electron chi connectivity index (χ0n) is 13.2. The summed E-state index contributed by atoms with van der Waals surface area (Å²) in [6.45, 7) is 5.42. The molecule has 0 amide bonds. The van der Waals surface area contributed by atoms with E-state index in [4.69, 9.17) is 0 Å². The van der Waals surface area contributed by atoms with Crippen molar-refractivity contribution in [3.63, 3.8) is 0 Å². The third kappa shape index (κ3) is 4.28. The molecule has 120 valence electrons. The van der Waals surface area contributed by atoms with Gasteiger partial charge < -0.3 is 5.32 Å². The summed E-state index contributed by atoms with van der Waals surface area (Å²) in [6.07, 6.45) is 5.93. The van der Waals surface area contributed by atoms with Crippen LogP contribution in [0.15, 0.2) is 10.3 Å². The van der Waals surface area contributed by atoms with Crippen molar-refractivity contribution < 1.29 is 8.42 Å². The average Bonchev–Trinajstić information content (AvgIpc) is 2.81. The summed E-state index contributed by atoms with van der Waals surface area (Å²) in [7, 11) is -1.51. The first-order chi connectivity index (χ1) is 9.86. The lowest BCUT2D eigenvalue weighted by Gasteiger charge is -2.33. The lowest BCUT2D eigenvalue weighted by atomic mass is 9.76. The lowest BCUT2D eigenvalue weighted by molar-refractivity contribution is 0.219. The van der Waals surface area contributed by atoms with Gasteiger partial charge in [0.2, 0.25) is 10.0 Å². The largest absolute Gasteiger partial charge is 0.315 e. The smallest absolute Gasteiger partial charge is 0.250 e. The second kappa shape index (κ2) is 6.77. The molecule has 2 rings (SSSR count). The molecule has 21 heavy (non-hydrogen) atoms. The Morgan fingerprint density at radius 3 is 2.57 bits per heavy atom. The zero-order chi connectivity index (χ0) is 15.5. The van der Waals surface area contributed by atoms with Gasteiger partial charge >= 0.3 is 0 Å². The standard InChI is InChI=1S/C15H26N2O2S2/c1-12-9-14(20-13(12)10-16-3)21(18,19)17-11-15(2)7-5-4-6-8-15/h9,16-17H,4-8,10-11H2,1-3H3. The Balaban J connectivity index is 2.06. The van der Waals surface area contributed by atoms with Crippen LogP contribution in [0.4, 0.5) is 0 Å². The van der Waals surface area contributed by atoms with Gasteiger partial charge in [-0.05, 0) is 43.9 Å². The number of hydrogen-bond donors (Lipinski definition) is 2. The van der Waals surface area contributed by atoms with Crippen LogP contribution in [0.5, 0.6) is 0 Å². The Kier molecular flexibility index (Phi) is 5.46. The molecule has 0 bridgehead atoms. The second-order valence-electron chi connectivity index (χ2n) is 6.40. The molecule has 1 saturated carbocycles. The minimum absolute atomic E-state index is 0.116. The Morgan fingerprint density at radius 2 is 1.95 bits per heavy atom. The average molecular weight is 331 g/mol. The van der Waals surface area contributed by atoms with E-state index in [2.05, 4.69) is 17.0 Å². The molecule has 1 aliphatic carbocycles. The van der Waals surface area contributed by atoms with Crippen LogP contribution in [0, 0.1) is 12.3 Å². The summed E-state index contributed by atoms with van der Waals surface area (Å²) in [5.41, 5.74) is 1.16. The summed E-state index contributed by atoms with van der Waals surface area (Å²) in [6, 6.07) is 1.78. The van der Waals surface area contributed by atoms with Crippen LogP contribution in [0.1, 0.15) is 49.5 Å². The summed E-state index contributed by atoms with van der Waals surface area (Å²) in [4.78, 5) is 1.08. The highest BCUT2D eigenvalue weighted by Crippen LogP contribution is 2.35. The number of nitrogens with one attached hydrogen (secondary N) is 2. The van der Waals surface area contributed by atoms with E-state index in [-0.39, 0.29) is 5.41 Å². The van der Waals surface area contributed by atoms with Crippen molar-refractivity contribution in [1.29, 1.82) is 0 Å². The summed E-state index contributed by atoms with van der Waals surface area (Å²) in [5, 5.41) is 3.07. The molecule has 0 aromatic carbocycles. The zero-order valence-corrected chi connectivity index (χ0v) is 14.8. The van der Waals surface area contributed by atoms with Crippen LogP contribution in [0.2, 0.25) is 0 Å². The fourth-order valence-corrected chi connectivity index (χ4v) is 5.72. The molecule has 0 radical (unpaired) electrons. The van der Waals surface area contributed by atoms with Crippen molar-refractivity contribution in [3.8, 4) is 0 Å². The van der Waals surface area contributed by atoms with Crippen LogP contribution in [-0.2, 0) is 16.6 Å². The molecule has 1 aromatic rings. The quantitative estimate of drug-likeness (QED) is 0.843.